The molecule has 0 unspecified atom stereocenters. The first-order valence-electron chi connectivity index (χ1n) is 7.52. The number of hydrogen-bond acceptors (Lipinski definition) is 8. The molecule has 0 atom stereocenters. The minimum absolute atomic E-state index is 0.0638. The van der Waals surface area contributed by atoms with Crippen molar-refractivity contribution in [2.45, 2.75) is 6.54 Å². The number of furan rings is 1. The SMILES string of the molecule is O=[N+]([O-])c1cnn(Cc2ccc(-c3nc4c5ccsc5ncn4n3)o2)c1. The Hall–Kier alpha value is -3.60. The van der Waals surface area contributed by atoms with Crippen molar-refractivity contribution in [3.8, 4) is 11.6 Å². The van der Waals surface area contributed by atoms with E-state index in [0.717, 1.165) is 10.2 Å². The molecular formula is C15H9N7O3S. The zero-order valence-electron chi connectivity index (χ0n) is 13.0. The van der Waals surface area contributed by atoms with Gasteiger partial charge in [-0.3, -0.25) is 14.8 Å². The molecule has 5 heterocycles. The summed E-state index contributed by atoms with van der Waals surface area (Å²) in [5.74, 6) is 1.55. The molecule has 11 heteroatoms. The highest BCUT2D eigenvalue weighted by Crippen LogP contribution is 2.25. The highest BCUT2D eigenvalue weighted by atomic mass is 32.1. The van der Waals surface area contributed by atoms with Crippen molar-refractivity contribution in [2.24, 2.45) is 0 Å². The maximum absolute atomic E-state index is 10.7. The summed E-state index contributed by atoms with van der Waals surface area (Å²) >= 11 is 1.54. The summed E-state index contributed by atoms with van der Waals surface area (Å²) in [5, 5.41) is 22.0. The van der Waals surface area contributed by atoms with Crippen LogP contribution in [0.25, 0.3) is 27.4 Å². The lowest BCUT2D eigenvalue weighted by Gasteiger charge is -1.96. The van der Waals surface area contributed by atoms with Gasteiger partial charge in [-0.2, -0.15) is 5.10 Å². The van der Waals surface area contributed by atoms with E-state index in [0.29, 0.717) is 23.0 Å². The molecule has 128 valence electrons. The first kappa shape index (κ1) is 14.7. The number of nitro groups is 1. The summed E-state index contributed by atoms with van der Waals surface area (Å²) in [6, 6.07) is 5.49. The maximum Gasteiger partial charge on any atom is 0.307 e. The van der Waals surface area contributed by atoms with Crippen molar-refractivity contribution >= 4 is 32.9 Å². The molecule has 26 heavy (non-hydrogen) atoms. The Kier molecular flexibility index (Phi) is 3.09. The molecule has 5 aromatic heterocycles. The summed E-state index contributed by atoms with van der Waals surface area (Å²) in [6.45, 7) is 0.275. The molecule has 0 fully saturated rings. The van der Waals surface area contributed by atoms with E-state index in [1.165, 1.54) is 17.1 Å². The van der Waals surface area contributed by atoms with Crippen LogP contribution >= 0.6 is 11.3 Å². The highest BCUT2D eigenvalue weighted by molar-refractivity contribution is 7.16. The minimum atomic E-state index is -0.489. The van der Waals surface area contributed by atoms with Crippen LogP contribution < -0.4 is 0 Å². The van der Waals surface area contributed by atoms with E-state index in [1.54, 1.807) is 34.3 Å². The first-order chi connectivity index (χ1) is 12.7. The van der Waals surface area contributed by atoms with E-state index in [4.69, 9.17) is 4.42 Å². The van der Waals surface area contributed by atoms with Gasteiger partial charge in [0.1, 0.15) is 29.3 Å². The molecule has 5 rings (SSSR count). The van der Waals surface area contributed by atoms with Crippen LogP contribution in [0.2, 0.25) is 0 Å². The van der Waals surface area contributed by atoms with Crippen LogP contribution in [-0.4, -0.2) is 34.3 Å². The predicted molar refractivity (Wildman–Crippen MR) is 91.9 cm³/mol. The number of rotatable bonds is 4. The lowest BCUT2D eigenvalue weighted by atomic mass is 10.4. The van der Waals surface area contributed by atoms with Crippen molar-refractivity contribution in [3.05, 3.63) is 58.2 Å². The number of hydrogen-bond donors (Lipinski definition) is 0. The topological polar surface area (TPSA) is 117 Å². The third kappa shape index (κ3) is 2.33. The van der Waals surface area contributed by atoms with Crippen LogP contribution in [0, 0.1) is 10.1 Å². The molecule has 5 aromatic rings. The average Bonchev–Trinajstić information content (AvgIpc) is 3.39. The van der Waals surface area contributed by atoms with Crippen molar-refractivity contribution < 1.29 is 9.34 Å². The van der Waals surface area contributed by atoms with E-state index in [9.17, 15) is 10.1 Å². The molecule has 0 radical (unpaired) electrons. The molecule has 0 aliphatic heterocycles. The second kappa shape index (κ2) is 5.46. The third-order valence-electron chi connectivity index (χ3n) is 3.83. The predicted octanol–water partition coefficient (Wildman–Crippen LogP) is 2.75. The van der Waals surface area contributed by atoms with Gasteiger partial charge < -0.3 is 4.42 Å². The van der Waals surface area contributed by atoms with Gasteiger partial charge in [0.15, 0.2) is 11.4 Å². The zero-order chi connectivity index (χ0) is 17.7. The Bertz CT molecular complexity index is 1260. The lowest BCUT2D eigenvalue weighted by Crippen LogP contribution is -1.98. The maximum atomic E-state index is 10.7. The van der Waals surface area contributed by atoms with E-state index in [-0.39, 0.29) is 12.2 Å². The molecule has 0 aromatic carbocycles. The first-order valence-corrected chi connectivity index (χ1v) is 8.40. The van der Waals surface area contributed by atoms with Gasteiger partial charge in [-0.05, 0) is 23.6 Å². The second-order valence-corrected chi connectivity index (χ2v) is 6.40. The molecular weight excluding hydrogens is 358 g/mol. The van der Waals surface area contributed by atoms with Gasteiger partial charge in [0.25, 0.3) is 0 Å². The molecule has 0 aliphatic rings. The van der Waals surface area contributed by atoms with Gasteiger partial charge in [0.05, 0.1) is 16.9 Å². The summed E-state index contributed by atoms with van der Waals surface area (Å²) in [7, 11) is 0. The van der Waals surface area contributed by atoms with Crippen LogP contribution in [0.3, 0.4) is 0 Å². The molecule has 0 amide bonds. The molecule has 0 spiro atoms. The highest BCUT2D eigenvalue weighted by Gasteiger charge is 2.15. The van der Waals surface area contributed by atoms with Crippen molar-refractivity contribution in [1.82, 2.24) is 29.4 Å². The van der Waals surface area contributed by atoms with E-state index in [1.807, 2.05) is 11.4 Å². The number of aromatic nitrogens is 6. The Morgan fingerprint density at radius 2 is 2.23 bits per heavy atom. The lowest BCUT2D eigenvalue weighted by molar-refractivity contribution is -0.385. The number of nitrogens with zero attached hydrogens (tertiary/aromatic N) is 7. The fraction of sp³-hybridized carbons (Fsp3) is 0.0667. The van der Waals surface area contributed by atoms with Crippen LogP contribution in [0.15, 0.2) is 46.7 Å². The largest absolute Gasteiger partial charge is 0.456 e. The molecule has 0 N–H and O–H groups in total. The average molecular weight is 367 g/mol. The van der Waals surface area contributed by atoms with Crippen LogP contribution in [-0.2, 0) is 6.54 Å². The van der Waals surface area contributed by atoms with Crippen molar-refractivity contribution in [1.29, 1.82) is 0 Å². The van der Waals surface area contributed by atoms with E-state index in [2.05, 4.69) is 20.2 Å². The van der Waals surface area contributed by atoms with Gasteiger partial charge in [0, 0.05) is 0 Å². The summed E-state index contributed by atoms with van der Waals surface area (Å²) in [5.41, 5.74) is 0.651. The van der Waals surface area contributed by atoms with Gasteiger partial charge in [-0.1, -0.05) is 0 Å². The minimum Gasteiger partial charge on any atom is -0.456 e. The third-order valence-corrected chi connectivity index (χ3v) is 4.65. The Morgan fingerprint density at radius 1 is 1.31 bits per heavy atom. The second-order valence-electron chi connectivity index (χ2n) is 5.51. The number of thiophene rings is 1. The fourth-order valence-corrected chi connectivity index (χ4v) is 3.37. The molecule has 10 nitrogen and oxygen atoms in total. The monoisotopic (exact) mass is 367 g/mol. The quantitative estimate of drug-likeness (QED) is 0.354. The standard InChI is InChI=1S/C15H9N7O3S/c23-22(24)9-5-17-20(6-9)7-10-1-2-12(25-10)13-18-14-11-3-4-26-15(11)16-8-21(14)19-13/h1-6,8H,7H2. The van der Waals surface area contributed by atoms with E-state index < -0.39 is 4.92 Å². The van der Waals surface area contributed by atoms with Crippen molar-refractivity contribution in [3.63, 3.8) is 0 Å². The molecule has 0 saturated heterocycles. The number of fused-ring (bicyclic) bond motifs is 3. The molecule has 0 bridgehead atoms. The van der Waals surface area contributed by atoms with Crippen LogP contribution in [0.4, 0.5) is 5.69 Å². The summed E-state index contributed by atoms with van der Waals surface area (Å²) in [6.07, 6.45) is 4.17. The normalized spacial score (nSPS) is 11.5. The van der Waals surface area contributed by atoms with E-state index >= 15 is 0 Å². The van der Waals surface area contributed by atoms with Gasteiger partial charge in [-0.15, -0.1) is 16.4 Å². The van der Waals surface area contributed by atoms with Crippen LogP contribution in [0.1, 0.15) is 5.76 Å². The Balaban J connectivity index is 1.47. The smallest absolute Gasteiger partial charge is 0.307 e. The van der Waals surface area contributed by atoms with Gasteiger partial charge >= 0.3 is 5.69 Å². The van der Waals surface area contributed by atoms with Crippen LogP contribution in [0.5, 0.6) is 0 Å². The molecule has 0 aliphatic carbocycles. The molecule has 0 saturated carbocycles. The summed E-state index contributed by atoms with van der Waals surface area (Å²) in [4.78, 5) is 20.0. The summed E-state index contributed by atoms with van der Waals surface area (Å²) < 4.78 is 8.84. The fourth-order valence-electron chi connectivity index (χ4n) is 2.65. The Morgan fingerprint density at radius 3 is 3.08 bits per heavy atom. The Labute approximate surface area is 148 Å². The zero-order valence-corrected chi connectivity index (χ0v) is 13.8. The van der Waals surface area contributed by atoms with Gasteiger partial charge in [0.2, 0.25) is 5.82 Å². The van der Waals surface area contributed by atoms with Crippen molar-refractivity contribution in [2.75, 3.05) is 0 Å². The van der Waals surface area contributed by atoms with Gasteiger partial charge in [-0.25, -0.2) is 14.5 Å².